The second-order valence-corrected chi connectivity index (χ2v) is 7.67. The van der Waals surface area contributed by atoms with Crippen LogP contribution >= 0.6 is 0 Å². The molecule has 164 valence electrons. The molecule has 0 saturated carbocycles. The van der Waals surface area contributed by atoms with Crippen LogP contribution in [0.2, 0.25) is 0 Å². The van der Waals surface area contributed by atoms with Gasteiger partial charge in [0.2, 0.25) is 0 Å². The van der Waals surface area contributed by atoms with Crippen LogP contribution in [0.5, 0.6) is 0 Å². The molecule has 2 aromatic heterocycles. The lowest BCUT2D eigenvalue weighted by molar-refractivity contribution is 0.0694. The molecule has 31 heavy (non-hydrogen) atoms. The summed E-state index contributed by atoms with van der Waals surface area (Å²) in [5.74, 6) is -0.696. The van der Waals surface area contributed by atoms with Crippen LogP contribution < -0.4 is 16.0 Å². The standard InChI is InChI=1S/C22H28N6O3/c1-6-23-21(29)15-8-7-13(4)16(9-15)27-20-19-14(5)18(22(30)31)17(10-24-12(2)3)28(19)26-11-25-20/h7-9,11-12,24H,6,10H2,1-5H3,(H,23,29)(H,30,31)(H,25,26,27). The van der Waals surface area contributed by atoms with Crippen LogP contribution in [0.4, 0.5) is 11.5 Å². The van der Waals surface area contributed by atoms with Gasteiger partial charge in [-0.15, -0.1) is 0 Å². The highest BCUT2D eigenvalue weighted by molar-refractivity contribution is 5.97. The number of aryl methyl sites for hydroxylation is 2. The van der Waals surface area contributed by atoms with Gasteiger partial charge in [-0.3, -0.25) is 4.79 Å². The van der Waals surface area contributed by atoms with Crippen LogP contribution in [0.3, 0.4) is 0 Å². The number of hydrogen-bond acceptors (Lipinski definition) is 6. The van der Waals surface area contributed by atoms with Crippen LogP contribution in [0.15, 0.2) is 24.5 Å². The number of carboxylic acid groups (broad SMARTS) is 1. The summed E-state index contributed by atoms with van der Waals surface area (Å²) in [6.45, 7) is 10.4. The first-order valence-electron chi connectivity index (χ1n) is 10.2. The Bertz CT molecular complexity index is 1140. The Hall–Kier alpha value is -3.46. The number of nitrogens with one attached hydrogen (secondary N) is 3. The minimum Gasteiger partial charge on any atom is -0.478 e. The highest BCUT2D eigenvalue weighted by atomic mass is 16.4. The first-order chi connectivity index (χ1) is 14.7. The SMILES string of the molecule is CCNC(=O)c1ccc(C)c(Nc2ncnn3c(CNC(C)C)c(C(=O)O)c(C)c23)c1. The molecule has 0 aliphatic carbocycles. The molecule has 0 atom stereocenters. The third kappa shape index (κ3) is 4.51. The Morgan fingerprint density at radius 1 is 1.23 bits per heavy atom. The van der Waals surface area contributed by atoms with Crippen molar-refractivity contribution in [1.82, 2.24) is 25.2 Å². The number of fused-ring (bicyclic) bond motifs is 1. The van der Waals surface area contributed by atoms with E-state index in [0.717, 1.165) is 5.56 Å². The lowest BCUT2D eigenvalue weighted by Gasteiger charge is -2.13. The molecular formula is C22H28N6O3. The van der Waals surface area contributed by atoms with Gasteiger partial charge in [0.25, 0.3) is 5.91 Å². The number of aromatic carboxylic acids is 1. The number of carbonyl (C=O) groups is 2. The third-order valence-electron chi connectivity index (χ3n) is 5.05. The molecule has 2 heterocycles. The average molecular weight is 425 g/mol. The van der Waals surface area contributed by atoms with Crippen molar-refractivity contribution in [3.8, 4) is 0 Å². The van der Waals surface area contributed by atoms with E-state index in [2.05, 4.69) is 26.0 Å². The number of hydrogen-bond donors (Lipinski definition) is 4. The van der Waals surface area contributed by atoms with Crippen molar-refractivity contribution in [3.63, 3.8) is 0 Å². The zero-order valence-electron chi connectivity index (χ0n) is 18.4. The predicted molar refractivity (Wildman–Crippen MR) is 119 cm³/mol. The highest BCUT2D eigenvalue weighted by Crippen LogP contribution is 2.30. The van der Waals surface area contributed by atoms with E-state index < -0.39 is 5.97 Å². The number of nitrogens with zero attached hydrogens (tertiary/aromatic N) is 3. The Morgan fingerprint density at radius 3 is 2.61 bits per heavy atom. The molecule has 1 amide bonds. The molecule has 9 nitrogen and oxygen atoms in total. The van der Waals surface area contributed by atoms with Crippen molar-refractivity contribution in [3.05, 3.63) is 52.5 Å². The predicted octanol–water partition coefficient (Wildman–Crippen LogP) is 3.04. The van der Waals surface area contributed by atoms with Gasteiger partial charge in [0.05, 0.1) is 11.3 Å². The van der Waals surface area contributed by atoms with Gasteiger partial charge in [-0.05, 0) is 44.0 Å². The molecular weight excluding hydrogens is 396 g/mol. The fourth-order valence-corrected chi connectivity index (χ4v) is 3.46. The zero-order chi connectivity index (χ0) is 22.7. The molecule has 0 unspecified atom stereocenters. The van der Waals surface area contributed by atoms with Gasteiger partial charge < -0.3 is 21.1 Å². The first kappa shape index (κ1) is 22.2. The van der Waals surface area contributed by atoms with Crippen molar-refractivity contribution < 1.29 is 14.7 Å². The van der Waals surface area contributed by atoms with E-state index in [1.54, 1.807) is 23.6 Å². The first-order valence-corrected chi connectivity index (χ1v) is 10.2. The second kappa shape index (κ2) is 9.13. The van der Waals surface area contributed by atoms with E-state index in [1.807, 2.05) is 33.8 Å². The van der Waals surface area contributed by atoms with Crippen molar-refractivity contribution in [2.75, 3.05) is 11.9 Å². The van der Waals surface area contributed by atoms with Gasteiger partial charge in [-0.25, -0.2) is 14.3 Å². The van der Waals surface area contributed by atoms with Crippen molar-refractivity contribution in [2.45, 2.75) is 47.2 Å². The molecule has 0 aliphatic heterocycles. The summed E-state index contributed by atoms with van der Waals surface area (Å²) in [6.07, 6.45) is 1.39. The maximum atomic E-state index is 12.2. The molecule has 0 fully saturated rings. The molecule has 3 rings (SSSR count). The monoisotopic (exact) mass is 424 g/mol. The third-order valence-corrected chi connectivity index (χ3v) is 5.05. The van der Waals surface area contributed by atoms with E-state index >= 15 is 0 Å². The number of anilines is 2. The summed E-state index contributed by atoms with van der Waals surface area (Å²) >= 11 is 0. The van der Waals surface area contributed by atoms with Gasteiger partial charge >= 0.3 is 5.97 Å². The van der Waals surface area contributed by atoms with E-state index in [-0.39, 0.29) is 17.5 Å². The average Bonchev–Trinajstić information content (AvgIpc) is 3.01. The quantitative estimate of drug-likeness (QED) is 0.439. The summed E-state index contributed by atoms with van der Waals surface area (Å²) in [7, 11) is 0. The summed E-state index contributed by atoms with van der Waals surface area (Å²) in [5, 5.41) is 23.5. The molecule has 1 aromatic carbocycles. The van der Waals surface area contributed by atoms with Gasteiger partial charge in [-0.2, -0.15) is 5.10 Å². The van der Waals surface area contributed by atoms with Crippen LogP contribution in [-0.2, 0) is 6.54 Å². The number of rotatable bonds is 8. The summed E-state index contributed by atoms with van der Waals surface area (Å²) in [4.78, 5) is 28.6. The Morgan fingerprint density at radius 2 is 1.97 bits per heavy atom. The Kier molecular flexibility index (Phi) is 6.55. The summed E-state index contributed by atoms with van der Waals surface area (Å²) < 4.78 is 1.62. The topological polar surface area (TPSA) is 121 Å². The Labute approximate surface area is 180 Å². The lowest BCUT2D eigenvalue weighted by Crippen LogP contribution is -2.24. The van der Waals surface area contributed by atoms with Crippen LogP contribution in [-0.4, -0.2) is 44.2 Å². The molecule has 0 saturated heterocycles. The number of carbonyl (C=O) groups excluding carboxylic acids is 1. The minimum absolute atomic E-state index is 0.160. The van der Waals surface area contributed by atoms with Crippen LogP contribution in [0.1, 0.15) is 58.3 Å². The normalized spacial score (nSPS) is 11.2. The largest absolute Gasteiger partial charge is 0.478 e. The fraction of sp³-hybridized carbons (Fsp3) is 0.364. The van der Waals surface area contributed by atoms with E-state index in [1.165, 1.54) is 6.33 Å². The maximum absolute atomic E-state index is 12.2. The van der Waals surface area contributed by atoms with Gasteiger partial charge in [0.1, 0.15) is 11.8 Å². The molecule has 0 aliphatic rings. The number of benzene rings is 1. The summed E-state index contributed by atoms with van der Waals surface area (Å²) in [6, 6.07) is 5.57. The smallest absolute Gasteiger partial charge is 0.337 e. The van der Waals surface area contributed by atoms with Crippen LogP contribution in [0, 0.1) is 13.8 Å². The molecule has 4 N–H and O–H groups in total. The van der Waals surface area contributed by atoms with Gasteiger partial charge in [0, 0.05) is 30.4 Å². The molecule has 3 aromatic rings. The summed E-state index contributed by atoms with van der Waals surface area (Å²) in [5.41, 5.74) is 4.10. The van der Waals surface area contributed by atoms with E-state index in [9.17, 15) is 14.7 Å². The molecule has 0 radical (unpaired) electrons. The van der Waals surface area contributed by atoms with E-state index in [0.29, 0.717) is 46.9 Å². The molecule has 9 heteroatoms. The molecule has 0 bridgehead atoms. The van der Waals surface area contributed by atoms with Crippen molar-refractivity contribution >= 4 is 28.9 Å². The number of carboxylic acids is 1. The minimum atomic E-state index is -1.01. The maximum Gasteiger partial charge on any atom is 0.337 e. The lowest BCUT2D eigenvalue weighted by atomic mass is 10.1. The van der Waals surface area contributed by atoms with Crippen LogP contribution in [0.25, 0.3) is 5.52 Å². The highest BCUT2D eigenvalue weighted by Gasteiger charge is 2.24. The van der Waals surface area contributed by atoms with Crippen molar-refractivity contribution in [2.24, 2.45) is 0 Å². The van der Waals surface area contributed by atoms with Gasteiger partial charge in [-0.1, -0.05) is 19.9 Å². The Balaban J connectivity index is 2.10. The van der Waals surface area contributed by atoms with Crippen molar-refractivity contribution in [1.29, 1.82) is 0 Å². The zero-order valence-corrected chi connectivity index (χ0v) is 18.4. The van der Waals surface area contributed by atoms with Gasteiger partial charge in [0.15, 0.2) is 5.82 Å². The molecule has 0 spiro atoms. The number of amides is 1. The van der Waals surface area contributed by atoms with E-state index in [4.69, 9.17) is 0 Å². The fourth-order valence-electron chi connectivity index (χ4n) is 3.46. The number of aromatic nitrogens is 3. The second-order valence-electron chi connectivity index (χ2n) is 7.67.